The predicted octanol–water partition coefficient (Wildman–Crippen LogP) is 3.53. The van der Waals surface area contributed by atoms with Crippen molar-refractivity contribution in [3.8, 4) is 5.75 Å². The summed E-state index contributed by atoms with van der Waals surface area (Å²) in [6.07, 6.45) is -4.62. The van der Waals surface area contributed by atoms with Gasteiger partial charge >= 0.3 is 6.18 Å². The largest absolute Gasteiger partial charge is 0.497 e. The lowest BCUT2D eigenvalue weighted by atomic mass is 10.3. The van der Waals surface area contributed by atoms with Gasteiger partial charge in [0.1, 0.15) is 5.75 Å². The van der Waals surface area contributed by atoms with Crippen molar-refractivity contribution in [2.75, 3.05) is 7.11 Å². The fourth-order valence-electron chi connectivity index (χ4n) is 0.857. The number of alkyl halides is 3. The molecule has 0 spiro atoms. The molecule has 1 aromatic carbocycles. The van der Waals surface area contributed by atoms with Crippen LogP contribution in [0.3, 0.4) is 0 Å². The first kappa shape index (κ1) is 11.8. The number of nitrogens with zero attached hydrogens (tertiary/aromatic N) is 1. The molecule has 0 unspecified atom stereocenters. The highest BCUT2D eigenvalue weighted by Gasteiger charge is 2.34. The van der Waals surface area contributed by atoms with Crippen LogP contribution in [0.1, 0.15) is 0 Å². The number of rotatable bonds is 2. The van der Waals surface area contributed by atoms with Gasteiger partial charge in [-0.3, -0.25) is 0 Å². The molecule has 0 N–H and O–H groups in total. The molecule has 0 saturated heterocycles. The molecule has 15 heavy (non-hydrogen) atoms. The van der Waals surface area contributed by atoms with Crippen LogP contribution in [0.5, 0.6) is 5.75 Å². The van der Waals surface area contributed by atoms with Gasteiger partial charge in [0.25, 0.3) is 0 Å². The van der Waals surface area contributed by atoms with E-state index < -0.39 is 11.3 Å². The monoisotopic (exact) mass is 237 g/mol. The first-order valence-electron chi connectivity index (χ1n) is 3.89. The van der Waals surface area contributed by atoms with E-state index in [9.17, 15) is 13.2 Å². The van der Waals surface area contributed by atoms with Gasteiger partial charge in [-0.15, -0.1) is 0 Å². The van der Waals surface area contributed by atoms with Gasteiger partial charge in [0, 0.05) is 6.07 Å². The van der Waals surface area contributed by atoms with Crippen LogP contribution in [0.25, 0.3) is 0 Å². The van der Waals surface area contributed by atoms with Gasteiger partial charge in [-0.1, -0.05) is 17.7 Å². The lowest BCUT2D eigenvalue weighted by Crippen LogP contribution is -2.16. The fourth-order valence-corrected chi connectivity index (χ4v) is 0.954. The molecular weight excluding hydrogens is 231 g/mol. The zero-order valence-electron chi connectivity index (χ0n) is 7.68. The topological polar surface area (TPSA) is 21.6 Å². The van der Waals surface area contributed by atoms with Crippen LogP contribution in [-0.4, -0.2) is 18.5 Å². The Labute approximate surface area is 89.3 Å². The van der Waals surface area contributed by atoms with E-state index in [1.54, 1.807) is 6.07 Å². The second kappa shape index (κ2) is 4.53. The fraction of sp³-hybridized carbons (Fsp3) is 0.222. The van der Waals surface area contributed by atoms with Gasteiger partial charge in [-0.2, -0.15) is 13.2 Å². The zero-order valence-corrected chi connectivity index (χ0v) is 8.43. The van der Waals surface area contributed by atoms with Gasteiger partial charge < -0.3 is 4.74 Å². The maximum atomic E-state index is 12.0. The third-order valence-corrected chi connectivity index (χ3v) is 1.81. The van der Waals surface area contributed by atoms with Crippen LogP contribution in [-0.2, 0) is 0 Å². The summed E-state index contributed by atoms with van der Waals surface area (Å²) in [5, 5.41) is -1.41. The summed E-state index contributed by atoms with van der Waals surface area (Å²) in [4.78, 5) is 3.22. The van der Waals surface area contributed by atoms with Gasteiger partial charge in [0.2, 0.25) is 5.17 Å². The summed E-state index contributed by atoms with van der Waals surface area (Å²) < 4.78 is 40.9. The second-order valence-corrected chi connectivity index (χ2v) is 2.96. The molecule has 0 aliphatic heterocycles. The lowest BCUT2D eigenvalue weighted by molar-refractivity contribution is -0.0558. The van der Waals surface area contributed by atoms with Crippen LogP contribution in [0.2, 0.25) is 0 Å². The average molecular weight is 238 g/mol. The third kappa shape index (κ3) is 3.43. The molecule has 0 aliphatic carbocycles. The zero-order chi connectivity index (χ0) is 11.5. The Bertz CT molecular complexity index is 376. The van der Waals surface area contributed by atoms with Gasteiger partial charge in [0.05, 0.1) is 12.8 Å². The van der Waals surface area contributed by atoms with Gasteiger partial charge in [0.15, 0.2) is 0 Å². The van der Waals surface area contributed by atoms with Crippen molar-refractivity contribution in [3.63, 3.8) is 0 Å². The molecule has 1 aromatic rings. The normalized spacial score (nSPS) is 12.7. The number of methoxy groups -OCH3 is 1. The van der Waals surface area contributed by atoms with Crippen LogP contribution in [0, 0.1) is 0 Å². The minimum absolute atomic E-state index is 0.0941. The summed E-state index contributed by atoms with van der Waals surface area (Å²) in [5.74, 6) is 0.419. The first-order chi connectivity index (χ1) is 6.93. The van der Waals surface area contributed by atoms with Crippen LogP contribution in [0.15, 0.2) is 29.3 Å². The van der Waals surface area contributed by atoms with Crippen molar-refractivity contribution < 1.29 is 17.9 Å². The van der Waals surface area contributed by atoms with Crippen molar-refractivity contribution in [2.24, 2.45) is 4.99 Å². The molecule has 0 aromatic heterocycles. The van der Waals surface area contributed by atoms with E-state index in [0.717, 1.165) is 0 Å². The van der Waals surface area contributed by atoms with Crippen molar-refractivity contribution in [1.82, 2.24) is 0 Å². The number of hydrogen-bond acceptors (Lipinski definition) is 2. The second-order valence-electron chi connectivity index (χ2n) is 2.60. The minimum Gasteiger partial charge on any atom is -0.497 e. The predicted molar refractivity (Wildman–Crippen MR) is 52.0 cm³/mol. The highest BCUT2D eigenvalue weighted by atomic mass is 35.5. The summed E-state index contributed by atoms with van der Waals surface area (Å²) >= 11 is 4.97. The Hall–Kier alpha value is -1.23. The van der Waals surface area contributed by atoms with E-state index in [4.69, 9.17) is 16.3 Å². The molecule has 6 heteroatoms. The highest BCUT2D eigenvalue weighted by molar-refractivity contribution is 6.67. The first-order valence-corrected chi connectivity index (χ1v) is 4.26. The van der Waals surface area contributed by atoms with Crippen molar-refractivity contribution in [3.05, 3.63) is 24.3 Å². The van der Waals surface area contributed by atoms with Gasteiger partial charge in [-0.25, -0.2) is 4.99 Å². The van der Waals surface area contributed by atoms with Gasteiger partial charge in [-0.05, 0) is 12.1 Å². The number of benzene rings is 1. The summed E-state index contributed by atoms with van der Waals surface area (Å²) in [6.45, 7) is 0. The Balaban J connectivity index is 2.98. The Morgan fingerprint density at radius 3 is 2.60 bits per heavy atom. The molecule has 0 heterocycles. The summed E-state index contributed by atoms with van der Waals surface area (Å²) in [5.41, 5.74) is 0.0941. The number of halogens is 4. The number of ether oxygens (including phenoxy) is 1. The minimum atomic E-state index is -4.62. The standard InChI is InChI=1S/C9H7ClF3NO/c1-15-7-4-2-3-6(5-7)14-8(10)9(11,12)13/h2-5H,1H3. The smallest absolute Gasteiger partial charge is 0.444 e. The molecule has 0 fully saturated rings. The Morgan fingerprint density at radius 1 is 1.40 bits per heavy atom. The Morgan fingerprint density at radius 2 is 2.07 bits per heavy atom. The average Bonchev–Trinajstić information content (AvgIpc) is 2.16. The lowest BCUT2D eigenvalue weighted by Gasteiger charge is -2.04. The van der Waals surface area contributed by atoms with E-state index in [1.807, 2.05) is 0 Å². The SMILES string of the molecule is COc1cccc(N=C(Cl)C(F)(F)F)c1. The van der Waals surface area contributed by atoms with Crippen molar-refractivity contribution in [2.45, 2.75) is 6.18 Å². The van der Waals surface area contributed by atoms with E-state index in [1.165, 1.54) is 25.3 Å². The van der Waals surface area contributed by atoms with E-state index >= 15 is 0 Å². The molecule has 2 nitrogen and oxygen atoms in total. The van der Waals surface area contributed by atoms with Crippen LogP contribution in [0.4, 0.5) is 18.9 Å². The number of hydrogen-bond donors (Lipinski definition) is 0. The van der Waals surface area contributed by atoms with E-state index in [2.05, 4.69) is 4.99 Å². The molecule has 0 radical (unpaired) electrons. The van der Waals surface area contributed by atoms with Crippen molar-refractivity contribution >= 4 is 22.5 Å². The molecule has 0 saturated carbocycles. The quantitative estimate of drug-likeness (QED) is 0.721. The van der Waals surface area contributed by atoms with Crippen molar-refractivity contribution in [1.29, 1.82) is 0 Å². The van der Waals surface area contributed by atoms with E-state index in [-0.39, 0.29) is 5.69 Å². The maximum Gasteiger partial charge on any atom is 0.444 e. The van der Waals surface area contributed by atoms with E-state index in [0.29, 0.717) is 5.75 Å². The highest BCUT2D eigenvalue weighted by Crippen LogP contribution is 2.25. The maximum absolute atomic E-state index is 12.0. The molecule has 82 valence electrons. The van der Waals surface area contributed by atoms with Crippen LogP contribution >= 0.6 is 11.6 Å². The summed E-state index contributed by atoms with van der Waals surface area (Å²) in [7, 11) is 1.41. The molecule has 0 aliphatic rings. The molecule has 0 amide bonds. The van der Waals surface area contributed by atoms with Crippen LogP contribution < -0.4 is 4.74 Å². The molecular formula is C9H7ClF3NO. The molecule has 0 bridgehead atoms. The third-order valence-electron chi connectivity index (χ3n) is 1.51. The Kier molecular flexibility index (Phi) is 3.57. The summed E-state index contributed by atoms with van der Waals surface area (Å²) in [6, 6.07) is 5.88. The molecule has 0 atom stereocenters. The number of aliphatic imine (C=N–C) groups is 1. The molecule has 1 rings (SSSR count).